The summed E-state index contributed by atoms with van der Waals surface area (Å²) in [5, 5.41) is 0. The minimum absolute atomic E-state index is 0.121. The van der Waals surface area contributed by atoms with Crippen molar-refractivity contribution in [2.24, 2.45) is 0 Å². The van der Waals surface area contributed by atoms with E-state index in [1.807, 2.05) is 13.0 Å². The Hall–Kier alpha value is -1.05. The van der Waals surface area contributed by atoms with E-state index in [1.165, 1.54) is 31.9 Å². The predicted molar refractivity (Wildman–Crippen MR) is 68.0 cm³/mol. The van der Waals surface area contributed by atoms with E-state index in [2.05, 4.69) is 6.58 Å². The molecule has 0 saturated carbocycles. The monoisotopic (exact) mass is 224 g/mol. The first-order valence-electron chi connectivity index (χ1n) is 6.22. The molecule has 2 heteroatoms. The van der Waals surface area contributed by atoms with Gasteiger partial charge >= 0.3 is 5.97 Å². The van der Waals surface area contributed by atoms with E-state index in [0.29, 0.717) is 6.42 Å². The third-order valence-electron chi connectivity index (χ3n) is 2.37. The summed E-state index contributed by atoms with van der Waals surface area (Å²) in [6.45, 7) is 5.52. The number of hydrogen-bond acceptors (Lipinski definition) is 2. The summed E-state index contributed by atoms with van der Waals surface area (Å²) >= 11 is 0. The van der Waals surface area contributed by atoms with Crippen LogP contribution in [0.15, 0.2) is 25.0 Å². The fraction of sp³-hybridized carbons (Fsp3) is 0.643. The van der Waals surface area contributed by atoms with Gasteiger partial charge in [0.2, 0.25) is 0 Å². The second-order valence-electron chi connectivity index (χ2n) is 3.91. The third-order valence-corrected chi connectivity index (χ3v) is 2.37. The Bertz CT molecular complexity index is 207. The quantitative estimate of drug-likeness (QED) is 0.238. The summed E-state index contributed by atoms with van der Waals surface area (Å²) in [5.74, 6) is -0.121. The lowest BCUT2D eigenvalue weighted by Gasteiger charge is -2.00. The van der Waals surface area contributed by atoms with Crippen molar-refractivity contribution in [3.63, 3.8) is 0 Å². The van der Waals surface area contributed by atoms with E-state index < -0.39 is 0 Å². The Morgan fingerprint density at radius 1 is 1.12 bits per heavy atom. The molecule has 0 fully saturated rings. The van der Waals surface area contributed by atoms with Crippen LogP contribution in [0, 0.1) is 0 Å². The molecule has 0 rings (SSSR count). The molecule has 0 atom stereocenters. The van der Waals surface area contributed by atoms with E-state index in [9.17, 15) is 4.79 Å². The highest BCUT2D eigenvalue weighted by molar-refractivity contribution is 5.69. The first kappa shape index (κ1) is 14.9. The number of hydrogen-bond donors (Lipinski definition) is 0. The summed E-state index contributed by atoms with van der Waals surface area (Å²) < 4.78 is 4.82. The van der Waals surface area contributed by atoms with Crippen LogP contribution in [0.2, 0.25) is 0 Å². The van der Waals surface area contributed by atoms with E-state index in [4.69, 9.17) is 4.74 Å². The van der Waals surface area contributed by atoms with Crippen LogP contribution in [0.1, 0.15) is 58.3 Å². The van der Waals surface area contributed by atoms with Gasteiger partial charge in [-0.15, -0.1) is 6.58 Å². The summed E-state index contributed by atoms with van der Waals surface area (Å²) in [6.07, 6.45) is 13.9. The molecule has 0 spiro atoms. The zero-order chi connectivity index (χ0) is 12.1. The molecule has 0 N–H and O–H groups in total. The number of carbonyl (C=O) groups excluding carboxylic acids is 1. The summed E-state index contributed by atoms with van der Waals surface area (Å²) in [7, 11) is 0. The van der Waals surface area contributed by atoms with Gasteiger partial charge in [-0.3, -0.25) is 4.79 Å². The Morgan fingerprint density at radius 2 is 1.75 bits per heavy atom. The lowest BCUT2D eigenvalue weighted by molar-refractivity contribution is -0.138. The molecule has 0 aliphatic carbocycles. The maximum Gasteiger partial charge on any atom is 0.310 e. The molecule has 0 aromatic rings. The third kappa shape index (κ3) is 11.0. The molecular weight excluding hydrogens is 200 g/mol. The van der Waals surface area contributed by atoms with Gasteiger partial charge in [-0.2, -0.15) is 0 Å². The minimum atomic E-state index is -0.121. The minimum Gasteiger partial charge on any atom is -0.435 e. The Balaban J connectivity index is 3.14. The molecule has 0 aromatic carbocycles. The van der Waals surface area contributed by atoms with Gasteiger partial charge in [-0.25, -0.2) is 0 Å². The van der Waals surface area contributed by atoms with Crippen LogP contribution in [0.4, 0.5) is 0 Å². The maximum atomic E-state index is 11.1. The second kappa shape index (κ2) is 12.0. The van der Waals surface area contributed by atoms with Gasteiger partial charge in [-0.1, -0.05) is 37.8 Å². The number of rotatable bonds is 10. The molecule has 0 aromatic heterocycles. The lowest BCUT2D eigenvalue weighted by Crippen LogP contribution is -1.98. The van der Waals surface area contributed by atoms with Gasteiger partial charge in [0, 0.05) is 6.42 Å². The highest BCUT2D eigenvalue weighted by Crippen LogP contribution is 2.09. The first-order chi connectivity index (χ1) is 7.81. The Kier molecular flexibility index (Phi) is 11.2. The molecule has 0 radical (unpaired) electrons. The molecule has 0 saturated heterocycles. The lowest BCUT2D eigenvalue weighted by atomic mass is 10.1. The largest absolute Gasteiger partial charge is 0.435 e. The van der Waals surface area contributed by atoms with Crippen LogP contribution in [0.5, 0.6) is 0 Å². The van der Waals surface area contributed by atoms with Crippen LogP contribution in [-0.4, -0.2) is 5.97 Å². The second-order valence-corrected chi connectivity index (χ2v) is 3.91. The van der Waals surface area contributed by atoms with Crippen molar-refractivity contribution >= 4 is 5.97 Å². The number of carbonyl (C=O) groups is 1. The summed E-state index contributed by atoms with van der Waals surface area (Å²) in [6, 6.07) is 0. The van der Waals surface area contributed by atoms with Crippen molar-refractivity contribution < 1.29 is 9.53 Å². The van der Waals surface area contributed by atoms with Crippen LogP contribution in [-0.2, 0) is 9.53 Å². The molecule has 0 bridgehead atoms. The fourth-order valence-corrected chi connectivity index (χ4v) is 1.47. The van der Waals surface area contributed by atoms with Gasteiger partial charge < -0.3 is 4.74 Å². The molecule has 16 heavy (non-hydrogen) atoms. The molecule has 0 aliphatic heterocycles. The summed E-state index contributed by atoms with van der Waals surface area (Å²) in [5.41, 5.74) is 0. The van der Waals surface area contributed by atoms with Crippen molar-refractivity contribution in [3.8, 4) is 0 Å². The van der Waals surface area contributed by atoms with Gasteiger partial charge in [-0.05, 0) is 26.2 Å². The van der Waals surface area contributed by atoms with Crippen molar-refractivity contribution in [2.75, 3.05) is 0 Å². The zero-order valence-corrected chi connectivity index (χ0v) is 10.4. The Labute approximate surface area is 99.4 Å². The van der Waals surface area contributed by atoms with Crippen molar-refractivity contribution in [2.45, 2.75) is 58.3 Å². The van der Waals surface area contributed by atoms with Crippen LogP contribution >= 0.6 is 0 Å². The average Bonchev–Trinajstić information content (AvgIpc) is 2.30. The first-order valence-corrected chi connectivity index (χ1v) is 6.22. The molecular formula is C14H24O2. The maximum absolute atomic E-state index is 11.1. The zero-order valence-electron chi connectivity index (χ0n) is 10.4. The molecule has 92 valence electrons. The molecule has 2 nitrogen and oxygen atoms in total. The van der Waals surface area contributed by atoms with Crippen LogP contribution in [0.25, 0.3) is 0 Å². The molecule has 0 heterocycles. The molecule has 0 amide bonds. The predicted octanol–water partition coefficient (Wildman–Crippen LogP) is 4.37. The molecule has 0 aliphatic rings. The summed E-state index contributed by atoms with van der Waals surface area (Å²) in [4.78, 5) is 11.1. The van der Waals surface area contributed by atoms with E-state index in [-0.39, 0.29) is 5.97 Å². The van der Waals surface area contributed by atoms with Gasteiger partial charge in [0.05, 0.1) is 6.26 Å². The number of unbranched alkanes of at least 4 members (excludes halogenated alkanes) is 6. The van der Waals surface area contributed by atoms with Crippen LogP contribution < -0.4 is 0 Å². The van der Waals surface area contributed by atoms with Gasteiger partial charge in [0.25, 0.3) is 0 Å². The van der Waals surface area contributed by atoms with Crippen molar-refractivity contribution in [1.82, 2.24) is 0 Å². The number of ether oxygens (including phenoxy) is 1. The standard InChI is InChI=1S/C14H24O2/c1-3-5-6-7-8-9-10-11-12-14(15)16-13-4-2/h3-4,13H,1,5-12H2,2H3/b13-4+. The number of allylic oxidation sites excluding steroid dienone is 2. The van der Waals surface area contributed by atoms with E-state index >= 15 is 0 Å². The average molecular weight is 224 g/mol. The SMILES string of the molecule is C=CCCCCCCCCC(=O)O/C=C/C. The number of esters is 1. The molecule has 0 unspecified atom stereocenters. The van der Waals surface area contributed by atoms with E-state index in [1.54, 1.807) is 6.08 Å². The fourth-order valence-electron chi connectivity index (χ4n) is 1.47. The van der Waals surface area contributed by atoms with E-state index in [0.717, 1.165) is 19.3 Å². The van der Waals surface area contributed by atoms with Gasteiger partial charge in [0.1, 0.15) is 0 Å². The topological polar surface area (TPSA) is 26.3 Å². The van der Waals surface area contributed by atoms with Gasteiger partial charge in [0.15, 0.2) is 0 Å². The Morgan fingerprint density at radius 3 is 2.38 bits per heavy atom. The van der Waals surface area contributed by atoms with Crippen molar-refractivity contribution in [1.29, 1.82) is 0 Å². The highest BCUT2D eigenvalue weighted by atomic mass is 16.5. The normalized spacial score (nSPS) is 10.6. The highest BCUT2D eigenvalue weighted by Gasteiger charge is 1.99. The van der Waals surface area contributed by atoms with Crippen LogP contribution in [0.3, 0.4) is 0 Å². The smallest absolute Gasteiger partial charge is 0.310 e. The van der Waals surface area contributed by atoms with Crippen molar-refractivity contribution in [3.05, 3.63) is 25.0 Å².